The van der Waals surface area contributed by atoms with E-state index in [1.807, 2.05) is 32.0 Å². The molecule has 0 spiro atoms. The molecule has 80 valence electrons. The molecule has 0 heterocycles. The van der Waals surface area contributed by atoms with E-state index < -0.39 is 5.54 Å². The first-order valence-electron chi connectivity index (χ1n) is 5.44. The fourth-order valence-corrected chi connectivity index (χ4v) is 2.12. The minimum Gasteiger partial charge on any atom is -0.319 e. The molecule has 2 N–H and O–H groups in total. The van der Waals surface area contributed by atoms with Crippen molar-refractivity contribution < 1.29 is 4.79 Å². The van der Waals surface area contributed by atoms with Gasteiger partial charge in [-0.05, 0) is 38.7 Å². The summed E-state index contributed by atoms with van der Waals surface area (Å²) in [7, 11) is 0. The molecular weight excluding hydrogens is 186 g/mol. The highest BCUT2D eigenvalue weighted by atomic mass is 16.1. The summed E-state index contributed by atoms with van der Waals surface area (Å²) in [5.41, 5.74) is 8.48. The first kappa shape index (κ1) is 10.4. The van der Waals surface area contributed by atoms with Gasteiger partial charge >= 0.3 is 0 Å². The average molecular weight is 203 g/mol. The highest BCUT2D eigenvalue weighted by Gasteiger charge is 2.40. The van der Waals surface area contributed by atoms with Crippen molar-refractivity contribution in [2.24, 2.45) is 5.73 Å². The standard InChI is InChI=1S/C13H17NO/c1-9-4-5-11(10(2)8-9)12(15)13(14)6-3-7-13/h4-5,8H,3,6-7,14H2,1-2H3. The number of hydrogen-bond acceptors (Lipinski definition) is 2. The van der Waals surface area contributed by atoms with Crippen LogP contribution in [0, 0.1) is 13.8 Å². The smallest absolute Gasteiger partial charge is 0.182 e. The molecule has 0 aliphatic heterocycles. The quantitative estimate of drug-likeness (QED) is 0.750. The highest BCUT2D eigenvalue weighted by molar-refractivity contribution is 6.04. The van der Waals surface area contributed by atoms with E-state index in [1.54, 1.807) is 0 Å². The van der Waals surface area contributed by atoms with Gasteiger partial charge in [-0.1, -0.05) is 23.8 Å². The van der Waals surface area contributed by atoms with Crippen LogP contribution in [0.15, 0.2) is 18.2 Å². The van der Waals surface area contributed by atoms with Gasteiger partial charge < -0.3 is 5.73 Å². The summed E-state index contributed by atoms with van der Waals surface area (Å²) in [6.07, 6.45) is 2.74. The molecule has 0 radical (unpaired) electrons. The molecule has 0 unspecified atom stereocenters. The molecule has 2 rings (SSSR count). The van der Waals surface area contributed by atoms with Crippen LogP contribution >= 0.6 is 0 Å². The fourth-order valence-electron chi connectivity index (χ4n) is 2.12. The van der Waals surface area contributed by atoms with Crippen molar-refractivity contribution in [2.75, 3.05) is 0 Å². The summed E-state index contributed by atoms with van der Waals surface area (Å²) in [6.45, 7) is 4.01. The second-order valence-electron chi connectivity index (χ2n) is 4.66. The van der Waals surface area contributed by atoms with Crippen LogP contribution < -0.4 is 5.73 Å². The number of ketones is 1. The van der Waals surface area contributed by atoms with Crippen LogP contribution in [0.4, 0.5) is 0 Å². The third-order valence-electron chi connectivity index (χ3n) is 3.32. The zero-order valence-electron chi connectivity index (χ0n) is 9.34. The Morgan fingerprint density at radius 1 is 1.33 bits per heavy atom. The predicted octanol–water partition coefficient (Wildman–Crippen LogP) is 2.37. The second-order valence-corrected chi connectivity index (χ2v) is 4.66. The fraction of sp³-hybridized carbons (Fsp3) is 0.462. The number of carbonyl (C=O) groups is 1. The topological polar surface area (TPSA) is 43.1 Å². The minimum absolute atomic E-state index is 0.117. The molecule has 1 aromatic rings. The van der Waals surface area contributed by atoms with Crippen molar-refractivity contribution in [3.05, 3.63) is 34.9 Å². The molecule has 2 nitrogen and oxygen atoms in total. The molecule has 1 aliphatic rings. The van der Waals surface area contributed by atoms with Crippen LogP contribution in [0.5, 0.6) is 0 Å². The van der Waals surface area contributed by atoms with E-state index in [2.05, 4.69) is 0 Å². The Morgan fingerprint density at radius 3 is 2.47 bits per heavy atom. The van der Waals surface area contributed by atoms with Gasteiger partial charge in [-0.3, -0.25) is 4.79 Å². The van der Waals surface area contributed by atoms with Crippen molar-refractivity contribution in [1.29, 1.82) is 0 Å². The number of hydrogen-bond donors (Lipinski definition) is 1. The van der Waals surface area contributed by atoms with Gasteiger partial charge in [-0.2, -0.15) is 0 Å². The van der Waals surface area contributed by atoms with Gasteiger partial charge in [0.15, 0.2) is 5.78 Å². The van der Waals surface area contributed by atoms with E-state index in [4.69, 9.17) is 5.73 Å². The Morgan fingerprint density at radius 2 is 2.00 bits per heavy atom. The minimum atomic E-state index is -0.569. The molecule has 1 saturated carbocycles. The molecule has 0 atom stereocenters. The number of carbonyl (C=O) groups excluding carboxylic acids is 1. The van der Waals surface area contributed by atoms with E-state index in [1.165, 1.54) is 5.56 Å². The van der Waals surface area contributed by atoms with Crippen molar-refractivity contribution in [1.82, 2.24) is 0 Å². The summed E-state index contributed by atoms with van der Waals surface area (Å²) < 4.78 is 0. The van der Waals surface area contributed by atoms with E-state index in [0.29, 0.717) is 0 Å². The number of benzene rings is 1. The molecule has 0 amide bonds. The molecular formula is C13H17NO. The maximum absolute atomic E-state index is 12.2. The molecule has 0 bridgehead atoms. The van der Waals surface area contributed by atoms with Gasteiger partial charge in [0, 0.05) is 5.56 Å². The maximum Gasteiger partial charge on any atom is 0.182 e. The second kappa shape index (κ2) is 3.46. The SMILES string of the molecule is Cc1ccc(C(=O)C2(N)CCC2)c(C)c1. The van der Waals surface area contributed by atoms with Crippen molar-refractivity contribution >= 4 is 5.78 Å². The zero-order valence-corrected chi connectivity index (χ0v) is 9.34. The Kier molecular flexibility index (Phi) is 2.39. The van der Waals surface area contributed by atoms with Crippen LogP contribution in [0.25, 0.3) is 0 Å². The maximum atomic E-state index is 12.2. The first-order valence-corrected chi connectivity index (χ1v) is 5.44. The van der Waals surface area contributed by atoms with Crippen molar-refractivity contribution in [3.63, 3.8) is 0 Å². The van der Waals surface area contributed by atoms with E-state index in [0.717, 1.165) is 30.4 Å². The number of rotatable bonds is 2. The number of aryl methyl sites for hydroxylation is 2. The lowest BCUT2D eigenvalue weighted by Crippen LogP contribution is -2.53. The molecule has 2 heteroatoms. The largest absolute Gasteiger partial charge is 0.319 e. The van der Waals surface area contributed by atoms with E-state index >= 15 is 0 Å². The third kappa shape index (κ3) is 1.70. The lowest BCUT2D eigenvalue weighted by molar-refractivity contribution is 0.0800. The Balaban J connectivity index is 2.33. The number of nitrogens with two attached hydrogens (primary N) is 1. The number of Topliss-reactive ketones (excluding diaryl/α,β-unsaturated/α-hetero) is 1. The monoisotopic (exact) mass is 203 g/mol. The lowest BCUT2D eigenvalue weighted by atomic mass is 9.72. The van der Waals surface area contributed by atoms with E-state index in [9.17, 15) is 4.79 Å². The van der Waals surface area contributed by atoms with Crippen LogP contribution in [0.3, 0.4) is 0 Å². The molecule has 0 aromatic heterocycles. The summed E-state index contributed by atoms with van der Waals surface area (Å²) in [6, 6.07) is 5.91. The van der Waals surface area contributed by atoms with Crippen LogP contribution in [-0.2, 0) is 0 Å². The third-order valence-corrected chi connectivity index (χ3v) is 3.32. The van der Waals surface area contributed by atoms with E-state index in [-0.39, 0.29) is 5.78 Å². The van der Waals surface area contributed by atoms with Crippen LogP contribution in [-0.4, -0.2) is 11.3 Å². The average Bonchev–Trinajstić information content (AvgIpc) is 2.13. The predicted molar refractivity (Wildman–Crippen MR) is 61.0 cm³/mol. The zero-order chi connectivity index (χ0) is 11.1. The summed E-state index contributed by atoms with van der Waals surface area (Å²) in [5, 5.41) is 0. The lowest BCUT2D eigenvalue weighted by Gasteiger charge is -2.36. The highest BCUT2D eigenvalue weighted by Crippen LogP contribution is 2.33. The Bertz CT molecular complexity index is 405. The molecule has 1 aromatic carbocycles. The summed E-state index contributed by atoms with van der Waals surface area (Å²) in [5.74, 6) is 0.117. The van der Waals surface area contributed by atoms with Gasteiger partial charge in [-0.15, -0.1) is 0 Å². The van der Waals surface area contributed by atoms with Gasteiger partial charge in [-0.25, -0.2) is 0 Å². The molecule has 1 aliphatic carbocycles. The molecule has 15 heavy (non-hydrogen) atoms. The first-order chi connectivity index (χ1) is 7.03. The van der Waals surface area contributed by atoms with Crippen molar-refractivity contribution in [2.45, 2.75) is 38.6 Å². The van der Waals surface area contributed by atoms with Gasteiger partial charge in [0.05, 0.1) is 5.54 Å². The Labute approximate surface area is 90.5 Å². The molecule has 1 fully saturated rings. The normalized spacial score (nSPS) is 18.3. The molecule has 0 saturated heterocycles. The van der Waals surface area contributed by atoms with Crippen LogP contribution in [0.1, 0.15) is 40.7 Å². The summed E-state index contributed by atoms with van der Waals surface area (Å²) >= 11 is 0. The summed E-state index contributed by atoms with van der Waals surface area (Å²) in [4.78, 5) is 12.2. The van der Waals surface area contributed by atoms with Gasteiger partial charge in [0.25, 0.3) is 0 Å². The van der Waals surface area contributed by atoms with Gasteiger partial charge in [0.2, 0.25) is 0 Å². The Hall–Kier alpha value is -1.15. The van der Waals surface area contributed by atoms with Gasteiger partial charge in [0.1, 0.15) is 0 Å². The van der Waals surface area contributed by atoms with Crippen molar-refractivity contribution in [3.8, 4) is 0 Å². The van der Waals surface area contributed by atoms with Crippen LogP contribution in [0.2, 0.25) is 0 Å².